The SMILES string of the molecule is C[C@H](C[C@H](O)C(Cc1ccccc1)NC(=O)c1cc(C(F)(F)F)cc(N2CCCC2=O)c1F)C(=O)NC1CC2CCC1C2. The van der Waals surface area contributed by atoms with Crippen LogP contribution in [0.25, 0.3) is 0 Å². The van der Waals surface area contributed by atoms with Crippen LogP contribution < -0.4 is 15.5 Å². The highest BCUT2D eigenvalue weighted by molar-refractivity contribution is 6.00. The van der Waals surface area contributed by atoms with E-state index in [2.05, 4.69) is 10.6 Å². The average Bonchev–Trinajstić information content (AvgIpc) is 3.70. The molecule has 6 atom stereocenters. The van der Waals surface area contributed by atoms with Gasteiger partial charge in [-0.25, -0.2) is 4.39 Å². The molecule has 3 N–H and O–H groups in total. The fraction of sp³-hybridized carbons (Fsp3) is 0.531. The van der Waals surface area contributed by atoms with Crippen molar-refractivity contribution in [1.82, 2.24) is 10.6 Å². The Labute approximate surface area is 248 Å². The molecule has 0 aromatic heterocycles. The maximum absolute atomic E-state index is 15.6. The summed E-state index contributed by atoms with van der Waals surface area (Å²) in [7, 11) is 0. The van der Waals surface area contributed by atoms with E-state index in [4.69, 9.17) is 0 Å². The highest BCUT2D eigenvalue weighted by Gasteiger charge is 2.41. The summed E-state index contributed by atoms with van der Waals surface area (Å²) in [5.41, 5.74) is -2.02. The molecular formula is C32H37F4N3O4. The molecule has 0 spiro atoms. The highest BCUT2D eigenvalue weighted by Crippen LogP contribution is 2.44. The molecule has 0 radical (unpaired) electrons. The minimum absolute atomic E-state index is 0.0248. The van der Waals surface area contributed by atoms with Gasteiger partial charge < -0.3 is 20.6 Å². The van der Waals surface area contributed by atoms with Crippen molar-refractivity contribution in [3.8, 4) is 0 Å². The topological polar surface area (TPSA) is 98.7 Å². The number of nitrogens with zero attached hydrogens (tertiary/aromatic N) is 1. The third-order valence-corrected chi connectivity index (χ3v) is 9.18. The number of hydrogen-bond donors (Lipinski definition) is 3. The lowest BCUT2D eigenvalue weighted by molar-refractivity contribution is -0.137. The number of anilines is 1. The van der Waals surface area contributed by atoms with Crippen molar-refractivity contribution >= 4 is 23.4 Å². The van der Waals surface area contributed by atoms with Crippen LogP contribution in [0.15, 0.2) is 42.5 Å². The number of aliphatic hydroxyl groups is 1. The lowest BCUT2D eigenvalue weighted by Gasteiger charge is -2.28. The molecule has 232 valence electrons. The average molecular weight is 604 g/mol. The zero-order valence-corrected chi connectivity index (χ0v) is 24.0. The number of fused-ring (bicyclic) bond motifs is 2. The van der Waals surface area contributed by atoms with Crippen LogP contribution in [0.1, 0.15) is 73.4 Å². The predicted octanol–water partition coefficient (Wildman–Crippen LogP) is 5.00. The van der Waals surface area contributed by atoms with Crippen molar-refractivity contribution in [1.29, 1.82) is 0 Å². The Kier molecular flexibility index (Phi) is 9.10. The molecular weight excluding hydrogens is 566 g/mol. The number of hydrogen-bond acceptors (Lipinski definition) is 4. The van der Waals surface area contributed by atoms with Gasteiger partial charge in [-0.1, -0.05) is 43.7 Å². The van der Waals surface area contributed by atoms with Crippen LogP contribution in [0.4, 0.5) is 23.2 Å². The second-order valence-electron chi connectivity index (χ2n) is 12.3. The second-order valence-corrected chi connectivity index (χ2v) is 12.3. The zero-order valence-electron chi connectivity index (χ0n) is 24.0. The van der Waals surface area contributed by atoms with E-state index in [0.717, 1.165) is 29.7 Å². The maximum atomic E-state index is 15.6. The Morgan fingerprint density at radius 2 is 1.86 bits per heavy atom. The summed E-state index contributed by atoms with van der Waals surface area (Å²) in [6.07, 6.45) is -1.32. The molecule has 3 aliphatic rings. The molecule has 2 bridgehead atoms. The van der Waals surface area contributed by atoms with E-state index in [1.54, 1.807) is 37.3 Å². The molecule has 3 fully saturated rings. The molecule has 3 amide bonds. The largest absolute Gasteiger partial charge is 0.416 e. The predicted molar refractivity (Wildman–Crippen MR) is 152 cm³/mol. The van der Waals surface area contributed by atoms with Crippen molar-refractivity contribution in [2.45, 2.75) is 82.7 Å². The first-order valence-electron chi connectivity index (χ1n) is 14.9. The van der Waals surface area contributed by atoms with Crippen LogP contribution in [-0.4, -0.2) is 47.6 Å². The van der Waals surface area contributed by atoms with Crippen LogP contribution in [0.5, 0.6) is 0 Å². The number of amides is 3. The number of carbonyl (C=O) groups is 3. The fourth-order valence-corrected chi connectivity index (χ4v) is 6.81. The first-order chi connectivity index (χ1) is 20.4. The number of nitrogens with one attached hydrogen (secondary N) is 2. The van der Waals surface area contributed by atoms with Gasteiger partial charge in [-0.2, -0.15) is 13.2 Å². The van der Waals surface area contributed by atoms with E-state index in [-0.39, 0.29) is 37.8 Å². The summed E-state index contributed by atoms with van der Waals surface area (Å²) in [4.78, 5) is 39.6. The normalized spacial score (nSPS) is 23.7. The number of halogens is 4. The lowest BCUT2D eigenvalue weighted by atomic mass is 9.91. The number of benzene rings is 2. The number of aliphatic hydroxyl groups excluding tert-OH is 1. The van der Waals surface area contributed by atoms with Crippen molar-refractivity contribution in [2.75, 3.05) is 11.4 Å². The first kappa shape index (κ1) is 31.0. The fourth-order valence-electron chi connectivity index (χ4n) is 6.81. The van der Waals surface area contributed by atoms with Gasteiger partial charge in [0.1, 0.15) is 0 Å². The van der Waals surface area contributed by atoms with Crippen LogP contribution in [0, 0.1) is 23.6 Å². The quantitative estimate of drug-likeness (QED) is 0.333. The maximum Gasteiger partial charge on any atom is 0.416 e. The third kappa shape index (κ3) is 7.03. The minimum Gasteiger partial charge on any atom is -0.391 e. The summed E-state index contributed by atoms with van der Waals surface area (Å²) in [5.74, 6) is -2.63. The van der Waals surface area contributed by atoms with Gasteiger partial charge in [0.15, 0.2) is 5.82 Å². The third-order valence-electron chi connectivity index (χ3n) is 9.18. The zero-order chi connectivity index (χ0) is 30.9. The molecule has 2 aliphatic carbocycles. The molecule has 11 heteroatoms. The van der Waals surface area contributed by atoms with Crippen LogP contribution in [0.3, 0.4) is 0 Å². The lowest BCUT2D eigenvalue weighted by Crippen LogP contribution is -2.47. The van der Waals surface area contributed by atoms with Gasteiger partial charge >= 0.3 is 6.18 Å². The van der Waals surface area contributed by atoms with Crippen LogP contribution in [-0.2, 0) is 22.2 Å². The Morgan fingerprint density at radius 3 is 2.47 bits per heavy atom. The molecule has 1 aliphatic heterocycles. The summed E-state index contributed by atoms with van der Waals surface area (Å²) in [6, 6.07) is 8.88. The van der Waals surface area contributed by atoms with Crippen molar-refractivity contribution in [3.05, 3.63) is 65.0 Å². The smallest absolute Gasteiger partial charge is 0.391 e. The van der Waals surface area contributed by atoms with Gasteiger partial charge in [0, 0.05) is 24.9 Å². The van der Waals surface area contributed by atoms with E-state index in [1.807, 2.05) is 0 Å². The summed E-state index contributed by atoms with van der Waals surface area (Å²) in [5, 5.41) is 16.9. The van der Waals surface area contributed by atoms with Gasteiger partial charge in [0.05, 0.1) is 29.0 Å². The van der Waals surface area contributed by atoms with Crippen molar-refractivity contribution < 1.29 is 37.1 Å². The number of rotatable bonds is 10. The molecule has 1 heterocycles. The van der Waals surface area contributed by atoms with E-state index in [0.29, 0.717) is 30.4 Å². The summed E-state index contributed by atoms with van der Waals surface area (Å²) in [6.45, 7) is 1.72. The molecule has 2 saturated carbocycles. The molecule has 7 nitrogen and oxygen atoms in total. The van der Waals surface area contributed by atoms with Gasteiger partial charge in [-0.3, -0.25) is 14.4 Å². The van der Waals surface area contributed by atoms with Crippen molar-refractivity contribution in [3.63, 3.8) is 0 Å². The van der Waals surface area contributed by atoms with Crippen LogP contribution in [0.2, 0.25) is 0 Å². The molecule has 1 saturated heterocycles. The Morgan fingerprint density at radius 1 is 1.12 bits per heavy atom. The Balaban J connectivity index is 1.36. The minimum atomic E-state index is -4.90. The Hall–Kier alpha value is -3.47. The first-order valence-corrected chi connectivity index (χ1v) is 14.9. The molecule has 2 aromatic carbocycles. The van der Waals surface area contributed by atoms with Gasteiger partial charge in [-0.15, -0.1) is 0 Å². The second kappa shape index (κ2) is 12.6. The van der Waals surface area contributed by atoms with Gasteiger partial charge in [0.25, 0.3) is 5.91 Å². The van der Waals surface area contributed by atoms with E-state index >= 15 is 4.39 Å². The van der Waals surface area contributed by atoms with Crippen LogP contribution >= 0.6 is 0 Å². The van der Waals surface area contributed by atoms with E-state index < -0.39 is 58.7 Å². The number of alkyl halides is 3. The van der Waals surface area contributed by atoms with Gasteiger partial charge in [0.2, 0.25) is 11.8 Å². The number of carbonyl (C=O) groups excluding carboxylic acids is 3. The molecule has 4 unspecified atom stereocenters. The van der Waals surface area contributed by atoms with Crippen molar-refractivity contribution in [2.24, 2.45) is 17.8 Å². The summed E-state index contributed by atoms with van der Waals surface area (Å²) >= 11 is 0. The molecule has 2 aromatic rings. The Bertz CT molecular complexity index is 1350. The van der Waals surface area contributed by atoms with Gasteiger partial charge in [-0.05, 0) is 68.1 Å². The molecule has 5 rings (SSSR count). The molecule has 43 heavy (non-hydrogen) atoms. The highest BCUT2D eigenvalue weighted by atomic mass is 19.4. The van der Waals surface area contributed by atoms with E-state index in [9.17, 15) is 32.7 Å². The standard InChI is InChI=1S/C32H37F4N3O4/c1-18(30(42)37-24-15-20-9-10-21(24)13-20)12-27(40)25(14-19-6-3-2-4-7-19)38-31(43)23-16-22(32(34,35)36)17-26(29(23)33)39-11-5-8-28(39)41/h2-4,6-7,16-18,20-21,24-25,27,40H,5,8-15H2,1H3,(H,37,42)(H,38,43)/t18-,20?,21?,24?,25?,27+/m1/s1. The monoisotopic (exact) mass is 603 g/mol. The van der Waals surface area contributed by atoms with E-state index in [1.165, 1.54) is 6.42 Å². The summed E-state index contributed by atoms with van der Waals surface area (Å²) < 4.78 is 57.0.